The van der Waals surface area contributed by atoms with Crippen LogP contribution in [0.15, 0.2) is 10.7 Å². The van der Waals surface area contributed by atoms with Crippen LogP contribution in [0.5, 0.6) is 0 Å². The van der Waals surface area contributed by atoms with Crippen molar-refractivity contribution in [2.75, 3.05) is 13.2 Å². The van der Waals surface area contributed by atoms with E-state index in [0.717, 1.165) is 30.7 Å². The summed E-state index contributed by atoms with van der Waals surface area (Å²) in [6.07, 6.45) is 2.05. The van der Waals surface area contributed by atoms with Gasteiger partial charge in [-0.1, -0.05) is 0 Å². The first-order valence-electron chi connectivity index (χ1n) is 3.80. The van der Waals surface area contributed by atoms with Gasteiger partial charge in [0.05, 0.1) is 17.8 Å². The number of ether oxygens (including phenoxy) is 1. The smallest absolute Gasteiger partial charge is 0.0825 e. The second kappa shape index (κ2) is 2.99. The van der Waals surface area contributed by atoms with E-state index in [4.69, 9.17) is 4.74 Å². The Kier molecular flexibility index (Phi) is 2.00. The van der Waals surface area contributed by atoms with Gasteiger partial charge >= 0.3 is 0 Å². The molecule has 1 aromatic rings. The predicted molar refractivity (Wildman–Crippen MR) is 46.7 cm³/mol. The average Bonchev–Trinajstić information content (AvgIpc) is 2.17. The maximum absolute atomic E-state index is 5.34. The van der Waals surface area contributed by atoms with E-state index in [1.807, 2.05) is 0 Å². The third kappa shape index (κ3) is 1.49. The number of aromatic nitrogens is 1. The molecule has 0 aliphatic carbocycles. The van der Waals surface area contributed by atoms with E-state index in [2.05, 4.69) is 27.0 Å². The Balaban J connectivity index is 2.32. The molecule has 2 heterocycles. The molecule has 1 aliphatic heterocycles. The van der Waals surface area contributed by atoms with Gasteiger partial charge in [-0.15, -0.1) is 0 Å². The highest BCUT2D eigenvalue weighted by atomic mass is 79.9. The molecule has 0 spiro atoms. The van der Waals surface area contributed by atoms with E-state index < -0.39 is 0 Å². The molecule has 1 aliphatic rings. The molecule has 2 rings (SSSR count). The summed E-state index contributed by atoms with van der Waals surface area (Å²) < 4.78 is 6.43. The van der Waals surface area contributed by atoms with E-state index in [1.165, 1.54) is 11.3 Å². The first-order chi connectivity index (χ1) is 5.36. The summed E-state index contributed by atoms with van der Waals surface area (Å²) in [6, 6.07) is 2.14. The van der Waals surface area contributed by atoms with Crippen molar-refractivity contribution in [3.63, 3.8) is 0 Å². The highest BCUT2D eigenvalue weighted by Gasteiger charge is 2.09. The van der Waals surface area contributed by atoms with Crippen molar-refractivity contribution in [3.05, 3.63) is 21.9 Å². The van der Waals surface area contributed by atoms with E-state index in [-0.39, 0.29) is 0 Å². The normalized spacial score (nSPS) is 17.5. The first kappa shape index (κ1) is 7.37. The minimum atomic E-state index is 0.847. The molecule has 0 radical (unpaired) electrons. The Morgan fingerprint density at radius 2 is 2.18 bits per heavy atom. The van der Waals surface area contributed by atoms with Gasteiger partial charge in [0.1, 0.15) is 0 Å². The Morgan fingerprint density at radius 1 is 1.36 bits per heavy atom. The summed E-state index contributed by atoms with van der Waals surface area (Å²) in [6.45, 7) is 1.71. The quantitative estimate of drug-likeness (QED) is 0.703. The first-order valence-corrected chi connectivity index (χ1v) is 4.59. The van der Waals surface area contributed by atoms with Gasteiger partial charge in [-0.2, -0.15) is 0 Å². The zero-order valence-electron chi connectivity index (χ0n) is 6.19. The number of halogens is 1. The fourth-order valence-electron chi connectivity index (χ4n) is 1.41. The third-order valence-corrected chi connectivity index (χ3v) is 2.40. The van der Waals surface area contributed by atoms with Gasteiger partial charge in [-0.05, 0) is 34.0 Å². The second-order valence-electron chi connectivity index (χ2n) is 2.73. The average molecular weight is 216 g/mol. The summed E-state index contributed by atoms with van der Waals surface area (Å²) in [4.78, 5) is 3.27. The van der Waals surface area contributed by atoms with Crippen molar-refractivity contribution in [2.45, 2.75) is 12.8 Å². The molecule has 0 unspecified atom stereocenters. The minimum absolute atomic E-state index is 0.847. The molecule has 0 saturated carbocycles. The Bertz CT molecular complexity index is 233. The summed E-state index contributed by atoms with van der Waals surface area (Å²) in [5.41, 5.74) is 2.73. The molecule has 1 aromatic heterocycles. The Hall–Kier alpha value is -0.280. The van der Waals surface area contributed by atoms with Crippen molar-refractivity contribution in [3.8, 4) is 0 Å². The number of hydrogen-bond acceptors (Lipinski definition) is 1. The lowest BCUT2D eigenvalue weighted by atomic mass is 10.2. The van der Waals surface area contributed by atoms with Gasteiger partial charge in [-0.25, -0.2) is 0 Å². The van der Waals surface area contributed by atoms with E-state index >= 15 is 0 Å². The van der Waals surface area contributed by atoms with Gasteiger partial charge in [0.15, 0.2) is 0 Å². The van der Waals surface area contributed by atoms with Gasteiger partial charge in [-0.3, -0.25) is 0 Å². The molecule has 0 saturated heterocycles. The van der Waals surface area contributed by atoms with Crippen LogP contribution in [-0.2, 0) is 17.6 Å². The van der Waals surface area contributed by atoms with Gasteiger partial charge < -0.3 is 9.72 Å². The molecule has 11 heavy (non-hydrogen) atoms. The number of rotatable bonds is 0. The van der Waals surface area contributed by atoms with Crippen LogP contribution in [0, 0.1) is 0 Å². The highest BCUT2D eigenvalue weighted by molar-refractivity contribution is 9.10. The van der Waals surface area contributed by atoms with Crippen LogP contribution in [0.1, 0.15) is 11.3 Å². The summed E-state index contributed by atoms with van der Waals surface area (Å²) in [7, 11) is 0. The lowest BCUT2D eigenvalue weighted by Crippen LogP contribution is -1.95. The van der Waals surface area contributed by atoms with Crippen molar-refractivity contribution >= 4 is 15.9 Å². The lowest BCUT2D eigenvalue weighted by molar-refractivity contribution is 0.146. The molecule has 2 nitrogen and oxygen atoms in total. The van der Waals surface area contributed by atoms with Crippen LogP contribution in [0.4, 0.5) is 0 Å². The summed E-state index contributed by atoms with van der Waals surface area (Å²) in [5, 5.41) is 0. The maximum Gasteiger partial charge on any atom is 0.0825 e. The third-order valence-electron chi connectivity index (χ3n) is 1.97. The van der Waals surface area contributed by atoms with Crippen molar-refractivity contribution in [2.24, 2.45) is 0 Å². The van der Waals surface area contributed by atoms with Crippen molar-refractivity contribution < 1.29 is 4.74 Å². The van der Waals surface area contributed by atoms with E-state index in [0.29, 0.717) is 0 Å². The zero-order chi connectivity index (χ0) is 7.68. The van der Waals surface area contributed by atoms with Crippen molar-refractivity contribution in [1.29, 1.82) is 0 Å². The van der Waals surface area contributed by atoms with Gasteiger partial charge in [0, 0.05) is 12.1 Å². The molecule has 1 N–H and O–H groups in total. The predicted octanol–water partition coefficient (Wildman–Crippen LogP) is 1.89. The van der Waals surface area contributed by atoms with E-state index in [9.17, 15) is 0 Å². The van der Waals surface area contributed by atoms with Crippen LogP contribution in [0.2, 0.25) is 0 Å². The Morgan fingerprint density at radius 3 is 3.09 bits per heavy atom. The Labute approximate surface area is 74.1 Å². The molecule has 0 amide bonds. The number of nitrogens with one attached hydrogen (secondary N) is 1. The summed E-state index contributed by atoms with van der Waals surface area (Å²) >= 11 is 3.42. The van der Waals surface area contributed by atoms with Crippen LogP contribution in [-0.4, -0.2) is 18.2 Å². The maximum atomic E-state index is 5.34. The second-order valence-corrected chi connectivity index (χ2v) is 3.59. The molecule has 60 valence electrons. The lowest BCUT2D eigenvalue weighted by Gasteiger charge is -1.94. The number of hydrogen-bond donors (Lipinski definition) is 1. The molecular weight excluding hydrogens is 206 g/mol. The zero-order valence-corrected chi connectivity index (χ0v) is 7.78. The van der Waals surface area contributed by atoms with Gasteiger partial charge in [0.25, 0.3) is 0 Å². The van der Waals surface area contributed by atoms with Gasteiger partial charge in [0.2, 0.25) is 0 Å². The van der Waals surface area contributed by atoms with Crippen LogP contribution >= 0.6 is 15.9 Å². The van der Waals surface area contributed by atoms with Crippen LogP contribution < -0.4 is 0 Å². The standard InChI is InChI=1S/C8H10BrNO/c9-8-5-6-1-3-11-4-2-7(6)10-8/h5,10H,1-4H2. The van der Waals surface area contributed by atoms with Crippen LogP contribution in [0.25, 0.3) is 0 Å². The fourth-order valence-corrected chi connectivity index (χ4v) is 1.92. The number of aromatic amines is 1. The summed E-state index contributed by atoms with van der Waals surface area (Å²) in [5.74, 6) is 0. The highest BCUT2D eigenvalue weighted by Crippen LogP contribution is 2.18. The molecule has 0 fully saturated rings. The van der Waals surface area contributed by atoms with Crippen molar-refractivity contribution in [1.82, 2.24) is 4.98 Å². The number of H-pyrrole nitrogens is 1. The van der Waals surface area contributed by atoms with E-state index in [1.54, 1.807) is 0 Å². The fraction of sp³-hybridized carbons (Fsp3) is 0.500. The monoisotopic (exact) mass is 215 g/mol. The molecule has 3 heteroatoms. The minimum Gasteiger partial charge on any atom is -0.381 e. The molecule has 0 atom stereocenters. The molecule has 0 aromatic carbocycles. The molecular formula is C8H10BrNO. The van der Waals surface area contributed by atoms with Crippen LogP contribution in [0.3, 0.4) is 0 Å². The number of fused-ring (bicyclic) bond motifs is 1. The molecule has 0 bridgehead atoms. The largest absolute Gasteiger partial charge is 0.381 e. The SMILES string of the molecule is Brc1cc2c([nH]1)CCOCC2. The topological polar surface area (TPSA) is 25.0 Å².